The van der Waals surface area contributed by atoms with Crippen molar-refractivity contribution in [1.29, 1.82) is 0 Å². The summed E-state index contributed by atoms with van der Waals surface area (Å²) in [6.45, 7) is 0. The maximum atomic E-state index is 12.9. The third kappa shape index (κ3) is 2.39. The van der Waals surface area contributed by atoms with Crippen molar-refractivity contribution in [1.82, 2.24) is 0 Å². The second-order valence-electron chi connectivity index (χ2n) is 6.11. The first-order chi connectivity index (χ1) is 12.1. The number of carbonyl (C=O) groups excluding carboxylic acids is 2. The fourth-order valence-electron chi connectivity index (χ4n) is 3.24. The predicted octanol–water partition coefficient (Wildman–Crippen LogP) is 3.34. The number of phenolic OH excluding ortho intramolecular Hbond substituents is 1. The third-order valence-corrected chi connectivity index (χ3v) is 4.55. The molecule has 0 saturated heterocycles. The Morgan fingerprint density at radius 1 is 0.760 bits per heavy atom. The molecule has 25 heavy (non-hydrogen) atoms. The molecule has 0 amide bonds. The van der Waals surface area contributed by atoms with Crippen LogP contribution in [0.25, 0.3) is 0 Å². The quantitative estimate of drug-likeness (QED) is 0.553. The van der Waals surface area contributed by atoms with Crippen molar-refractivity contribution in [3.63, 3.8) is 0 Å². The van der Waals surface area contributed by atoms with E-state index in [-0.39, 0.29) is 17.3 Å². The Bertz CT molecular complexity index is 1020. The first-order valence-corrected chi connectivity index (χ1v) is 7.94. The Morgan fingerprint density at radius 2 is 1.40 bits per heavy atom. The molecular formula is C21H15NO3. The van der Waals surface area contributed by atoms with Gasteiger partial charge in [0.1, 0.15) is 5.75 Å². The number of benzene rings is 3. The van der Waals surface area contributed by atoms with Crippen LogP contribution in [0.15, 0.2) is 60.7 Å². The summed E-state index contributed by atoms with van der Waals surface area (Å²) in [5.41, 5.74) is 9.82. The Balaban J connectivity index is 1.81. The molecule has 0 unspecified atom stereocenters. The van der Waals surface area contributed by atoms with Gasteiger partial charge in [0.15, 0.2) is 11.6 Å². The van der Waals surface area contributed by atoms with E-state index in [1.807, 2.05) is 0 Å². The van der Waals surface area contributed by atoms with Crippen molar-refractivity contribution in [2.45, 2.75) is 6.42 Å². The number of nitrogens with two attached hydrogens (primary N) is 1. The number of hydrogen-bond acceptors (Lipinski definition) is 4. The van der Waals surface area contributed by atoms with Gasteiger partial charge in [-0.3, -0.25) is 9.59 Å². The largest absolute Gasteiger partial charge is 0.508 e. The van der Waals surface area contributed by atoms with Crippen LogP contribution in [0.5, 0.6) is 5.75 Å². The number of phenols is 1. The van der Waals surface area contributed by atoms with Crippen LogP contribution in [-0.4, -0.2) is 16.7 Å². The van der Waals surface area contributed by atoms with Crippen LogP contribution in [0.4, 0.5) is 5.69 Å². The van der Waals surface area contributed by atoms with E-state index in [4.69, 9.17) is 5.73 Å². The summed E-state index contributed by atoms with van der Waals surface area (Å²) >= 11 is 0. The summed E-state index contributed by atoms with van der Waals surface area (Å²) in [5.74, 6) is -0.192. The SMILES string of the molecule is Nc1c(Cc2ccc(O)cc2)ccc2c1C(=O)c1ccccc1C2=O. The minimum atomic E-state index is -0.213. The van der Waals surface area contributed by atoms with Crippen molar-refractivity contribution < 1.29 is 14.7 Å². The Labute approximate surface area is 144 Å². The van der Waals surface area contributed by atoms with E-state index < -0.39 is 0 Å². The molecule has 0 aromatic heterocycles. The fourth-order valence-corrected chi connectivity index (χ4v) is 3.24. The van der Waals surface area contributed by atoms with E-state index in [0.717, 1.165) is 11.1 Å². The summed E-state index contributed by atoms with van der Waals surface area (Å²) in [6, 6.07) is 17.1. The lowest BCUT2D eigenvalue weighted by Gasteiger charge is -2.20. The van der Waals surface area contributed by atoms with Gasteiger partial charge in [-0.1, -0.05) is 42.5 Å². The summed E-state index contributed by atoms with van der Waals surface area (Å²) in [4.78, 5) is 25.5. The lowest BCUT2D eigenvalue weighted by molar-refractivity contribution is 0.0979. The molecule has 3 N–H and O–H groups in total. The Kier molecular flexibility index (Phi) is 3.39. The summed E-state index contributed by atoms with van der Waals surface area (Å²) < 4.78 is 0. The smallest absolute Gasteiger partial charge is 0.196 e. The van der Waals surface area contributed by atoms with Crippen LogP contribution in [0.2, 0.25) is 0 Å². The van der Waals surface area contributed by atoms with Crippen LogP contribution < -0.4 is 5.73 Å². The highest BCUT2D eigenvalue weighted by molar-refractivity contribution is 6.30. The molecule has 0 saturated carbocycles. The van der Waals surface area contributed by atoms with Crippen molar-refractivity contribution >= 4 is 17.3 Å². The molecule has 1 aliphatic carbocycles. The maximum Gasteiger partial charge on any atom is 0.196 e. The number of nitrogen functional groups attached to an aromatic ring is 1. The van der Waals surface area contributed by atoms with Gasteiger partial charge in [-0.05, 0) is 35.7 Å². The van der Waals surface area contributed by atoms with Gasteiger partial charge >= 0.3 is 0 Å². The van der Waals surface area contributed by atoms with Crippen LogP contribution in [0.1, 0.15) is 43.0 Å². The number of carbonyl (C=O) groups is 2. The molecule has 0 bridgehead atoms. The average Bonchev–Trinajstić information content (AvgIpc) is 2.63. The monoisotopic (exact) mass is 329 g/mol. The van der Waals surface area contributed by atoms with Gasteiger partial charge in [0.05, 0.1) is 5.56 Å². The lowest BCUT2D eigenvalue weighted by atomic mass is 9.81. The molecule has 4 heteroatoms. The molecule has 0 radical (unpaired) electrons. The third-order valence-electron chi connectivity index (χ3n) is 4.55. The minimum absolute atomic E-state index is 0.173. The van der Waals surface area contributed by atoms with Gasteiger partial charge in [-0.15, -0.1) is 0 Å². The molecule has 122 valence electrons. The second-order valence-corrected chi connectivity index (χ2v) is 6.11. The van der Waals surface area contributed by atoms with E-state index in [0.29, 0.717) is 34.4 Å². The minimum Gasteiger partial charge on any atom is -0.508 e. The van der Waals surface area contributed by atoms with Crippen LogP contribution >= 0.6 is 0 Å². The number of fused-ring (bicyclic) bond motifs is 2. The summed E-state index contributed by atoms with van der Waals surface area (Å²) in [6.07, 6.45) is 0.516. The van der Waals surface area contributed by atoms with Gasteiger partial charge in [0.25, 0.3) is 0 Å². The van der Waals surface area contributed by atoms with Gasteiger partial charge < -0.3 is 10.8 Å². The molecule has 0 heterocycles. The van der Waals surface area contributed by atoms with Gasteiger partial charge in [0, 0.05) is 22.4 Å². The van der Waals surface area contributed by atoms with Crippen molar-refractivity contribution in [2.75, 3.05) is 5.73 Å². The first-order valence-electron chi connectivity index (χ1n) is 7.94. The normalized spacial score (nSPS) is 12.6. The molecule has 0 spiro atoms. The number of anilines is 1. The lowest BCUT2D eigenvalue weighted by Crippen LogP contribution is -2.23. The van der Waals surface area contributed by atoms with Crippen LogP contribution in [0.3, 0.4) is 0 Å². The molecular weight excluding hydrogens is 314 g/mol. The molecule has 4 rings (SSSR count). The molecule has 4 nitrogen and oxygen atoms in total. The zero-order valence-corrected chi connectivity index (χ0v) is 13.3. The fraction of sp³-hybridized carbons (Fsp3) is 0.0476. The number of ketones is 2. The van der Waals surface area contributed by atoms with Crippen LogP contribution in [-0.2, 0) is 6.42 Å². The highest BCUT2D eigenvalue weighted by Crippen LogP contribution is 2.33. The zero-order chi connectivity index (χ0) is 17.6. The first kappa shape index (κ1) is 15.1. The number of aromatic hydroxyl groups is 1. The van der Waals surface area contributed by atoms with Gasteiger partial charge in [-0.25, -0.2) is 0 Å². The molecule has 0 aliphatic heterocycles. The van der Waals surface area contributed by atoms with E-state index in [2.05, 4.69) is 0 Å². The zero-order valence-electron chi connectivity index (χ0n) is 13.3. The molecule has 1 aliphatic rings. The van der Waals surface area contributed by atoms with Gasteiger partial charge in [0.2, 0.25) is 0 Å². The van der Waals surface area contributed by atoms with Gasteiger partial charge in [-0.2, -0.15) is 0 Å². The molecule has 0 atom stereocenters. The summed E-state index contributed by atoms with van der Waals surface area (Å²) in [5, 5.41) is 9.39. The average molecular weight is 329 g/mol. The van der Waals surface area contributed by atoms with E-state index >= 15 is 0 Å². The van der Waals surface area contributed by atoms with E-state index in [9.17, 15) is 14.7 Å². The highest BCUT2D eigenvalue weighted by Gasteiger charge is 2.31. The van der Waals surface area contributed by atoms with Crippen LogP contribution in [0, 0.1) is 0 Å². The summed E-state index contributed by atoms with van der Waals surface area (Å²) in [7, 11) is 0. The number of hydrogen-bond donors (Lipinski definition) is 2. The van der Waals surface area contributed by atoms with Crippen molar-refractivity contribution in [3.8, 4) is 5.75 Å². The topological polar surface area (TPSA) is 80.4 Å². The Morgan fingerprint density at radius 3 is 2.08 bits per heavy atom. The second kappa shape index (κ2) is 5.60. The van der Waals surface area contributed by atoms with E-state index in [1.54, 1.807) is 60.7 Å². The maximum absolute atomic E-state index is 12.9. The predicted molar refractivity (Wildman–Crippen MR) is 95.1 cm³/mol. The standard InChI is InChI=1S/C21H15NO3/c22-19-13(11-12-5-8-14(23)9-6-12)7-10-17-18(19)21(25)16-4-2-1-3-15(16)20(17)24/h1-10,23H,11,22H2. The highest BCUT2D eigenvalue weighted by atomic mass is 16.3. The van der Waals surface area contributed by atoms with Crippen molar-refractivity contribution in [2.24, 2.45) is 0 Å². The Hall–Kier alpha value is -3.40. The number of rotatable bonds is 2. The molecule has 3 aromatic carbocycles. The van der Waals surface area contributed by atoms with E-state index in [1.165, 1.54) is 0 Å². The molecule has 3 aromatic rings. The van der Waals surface area contributed by atoms with Crippen molar-refractivity contribution in [3.05, 3.63) is 94.0 Å². The molecule has 0 fully saturated rings.